The average molecular weight is 555 g/mol. The molecular formula is C26H31ClO7S2. The van der Waals surface area contributed by atoms with E-state index in [4.69, 9.17) is 25.3 Å². The normalized spacial score (nSPS) is 32.9. The number of hydrogen-bond donors (Lipinski definition) is 0. The number of hydrogen-bond acceptors (Lipinski definition) is 8. The molecule has 4 aliphatic carbocycles. The van der Waals surface area contributed by atoms with Crippen molar-refractivity contribution in [3.05, 3.63) is 52.3 Å². The summed E-state index contributed by atoms with van der Waals surface area (Å²) in [7, 11) is -1.77. The fraction of sp³-hybridized carbons (Fsp3) is 0.538. The van der Waals surface area contributed by atoms with Gasteiger partial charge in [0, 0.05) is 14.2 Å². The first kappa shape index (κ1) is 27.4. The largest absolute Gasteiger partial charge is 0.381 e. The Morgan fingerprint density at radius 1 is 1.17 bits per heavy atom. The molecule has 0 aliphatic heterocycles. The lowest BCUT2D eigenvalue weighted by Gasteiger charge is -2.66. The van der Waals surface area contributed by atoms with Crippen LogP contribution >= 0.6 is 23.4 Å². The standard InChI is InChI=1S/C26H31ClO7S2/c1-8-35-22(29)23(4)18-14-11-16(3)25(18)19(27)20(24(23,5)26(32-6,33-7)21(25)28)34-36(30,31)17-12-9-15(2)10-13-17/h9-10,12-14,16H,8,11H2,1-7H3/t16-,23?,24?,25?/m0/s1. The van der Waals surface area contributed by atoms with E-state index in [2.05, 4.69) is 0 Å². The van der Waals surface area contributed by atoms with Gasteiger partial charge in [0.25, 0.3) is 0 Å². The molecule has 4 atom stereocenters. The molecule has 0 N–H and O–H groups in total. The zero-order valence-electron chi connectivity index (χ0n) is 21.4. The van der Waals surface area contributed by atoms with Crippen LogP contribution in [0.1, 0.15) is 39.7 Å². The maximum Gasteiger partial charge on any atom is 0.338 e. The predicted molar refractivity (Wildman–Crippen MR) is 138 cm³/mol. The van der Waals surface area contributed by atoms with E-state index in [-0.39, 0.29) is 26.7 Å². The number of carbonyl (C=O) groups excluding carboxylic acids is 2. The molecule has 1 aromatic carbocycles. The van der Waals surface area contributed by atoms with Crippen molar-refractivity contribution in [1.82, 2.24) is 0 Å². The molecule has 1 saturated carbocycles. The number of aryl methyl sites for hydroxylation is 1. The molecule has 0 saturated heterocycles. The summed E-state index contributed by atoms with van der Waals surface area (Å²) in [6, 6.07) is 6.19. The third-order valence-corrected chi connectivity index (χ3v) is 11.1. The molecule has 196 valence electrons. The SMILES string of the molecule is CCSC(=O)C1(C)C2=CC[C@H](C)C23C(=O)C(OC)(OC)C1(C)C(OS(=O)(=O)c1ccc(C)cc1)=C3Cl. The van der Waals surface area contributed by atoms with Crippen LogP contribution in [0.15, 0.2) is 51.6 Å². The maximum atomic E-state index is 14.4. The third-order valence-electron chi connectivity index (χ3n) is 8.45. The fourth-order valence-corrected chi connectivity index (χ4v) is 8.93. The van der Waals surface area contributed by atoms with Gasteiger partial charge in [-0.1, -0.05) is 61.0 Å². The molecule has 2 bridgehead atoms. The van der Waals surface area contributed by atoms with Crippen molar-refractivity contribution in [3.8, 4) is 0 Å². The van der Waals surface area contributed by atoms with Gasteiger partial charge in [-0.2, -0.15) is 8.42 Å². The van der Waals surface area contributed by atoms with Crippen LogP contribution in [0.4, 0.5) is 0 Å². The van der Waals surface area contributed by atoms with Gasteiger partial charge in [0.05, 0.1) is 15.9 Å². The van der Waals surface area contributed by atoms with Gasteiger partial charge in [-0.3, -0.25) is 9.59 Å². The fourth-order valence-electron chi connectivity index (χ4n) is 6.39. The predicted octanol–water partition coefficient (Wildman–Crippen LogP) is 4.98. The lowest BCUT2D eigenvalue weighted by Crippen LogP contribution is -2.77. The Hall–Kier alpha value is -1.65. The van der Waals surface area contributed by atoms with Gasteiger partial charge < -0.3 is 13.7 Å². The highest BCUT2D eigenvalue weighted by Crippen LogP contribution is 2.77. The zero-order chi connectivity index (χ0) is 26.9. The summed E-state index contributed by atoms with van der Waals surface area (Å²) in [5, 5.41) is -0.292. The summed E-state index contributed by atoms with van der Waals surface area (Å²) in [5.41, 5.74) is -3.26. The van der Waals surface area contributed by atoms with Crippen molar-refractivity contribution in [3.63, 3.8) is 0 Å². The van der Waals surface area contributed by atoms with Crippen molar-refractivity contribution < 1.29 is 31.7 Å². The van der Waals surface area contributed by atoms with Gasteiger partial charge in [0.15, 0.2) is 5.12 Å². The van der Waals surface area contributed by atoms with Gasteiger partial charge in [0.2, 0.25) is 11.6 Å². The zero-order valence-corrected chi connectivity index (χ0v) is 23.8. The van der Waals surface area contributed by atoms with E-state index in [1.807, 2.05) is 26.8 Å². The molecular weight excluding hydrogens is 524 g/mol. The number of Topliss-reactive ketones (excluding diaryl/α,β-unsaturated/α-hetero) is 1. The number of fused-ring (bicyclic) bond motifs is 1. The summed E-state index contributed by atoms with van der Waals surface area (Å²) < 4.78 is 44.6. The first-order valence-electron chi connectivity index (χ1n) is 11.7. The van der Waals surface area contributed by atoms with Crippen molar-refractivity contribution in [2.24, 2.45) is 22.2 Å². The van der Waals surface area contributed by atoms with E-state index in [1.165, 1.54) is 26.4 Å². The number of thioether (sulfide) groups is 1. The second kappa shape index (κ2) is 8.70. The van der Waals surface area contributed by atoms with E-state index >= 15 is 0 Å². The van der Waals surface area contributed by atoms with E-state index in [0.717, 1.165) is 17.3 Å². The van der Waals surface area contributed by atoms with Crippen LogP contribution < -0.4 is 0 Å². The Morgan fingerprint density at radius 3 is 2.28 bits per heavy atom. The van der Waals surface area contributed by atoms with Gasteiger partial charge in [-0.15, -0.1) is 0 Å². The topological polar surface area (TPSA) is 96.0 Å². The second-order valence-corrected chi connectivity index (χ2v) is 13.0. The molecule has 0 amide bonds. The molecule has 0 radical (unpaired) electrons. The molecule has 10 heteroatoms. The van der Waals surface area contributed by atoms with Gasteiger partial charge in [-0.05, 0) is 56.6 Å². The van der Waals surface area contributed by atoms with Crippen molar-refractivity contribution >= 4 is 44.4 Å². The highest BCUT2D eigenvalue weighted by Gasteiger charge is 2.85. The Kier molecular flexibility index (Phi) is 6.62. The maximum absolute atomic E-state index is 14.4. The second-order valence-electron chi connectivity index (χ2n) is 9.88. The Morgan fingerprint density at radius 2 is 1.75 bits per heavy atom. The van der Waals surface area contributed by atoms with Gasteiger partial charge in [-0.25, -0.2) is 0 Å². The smallest absolute Gasteiger partial charge is 0.338 e. The molecule has 36 heavy (non-hydrogen) atoms. The van der Waals surface area contributed by atoms with Crippen LogP contribution in [0.25, 0.3) is 0 Å². The highest BCUT2D eigenvalue weighted by molar-refractivity contribution is 8.13. The summed E-state index contributed by atoms with van der Waals surface area (Å²) in [4.78, 5) is 28.2. The van der Waals surface area contributed by atoms with E-state index in [9.17, 15) is 18.0 Å². The number of halogens is 1. The number of methoxy groups -OCH3 is 2. The molecule has 0 heterocycles. The number of ether oxygens (including phenoxy) is 2. The minimum absolute atomic E-state index is 0.0431. The number of allylic oxidation sites excluding steroid dienone is 3. The van der Waals surface area contributed by atoms with E-state index in [0.29, 0.717) is 17.7 Å². The molecule has 1 aromatic rings. The molecule has 1 spiro atoms. The first-order chi connectivity index (χ1) is 16.8. The molecule has 5 rings (SSSR count). The molecule has 0 aromatic heterocycles. The van der Waals surface area contributed by atoms with E-state index in [1.54, 1.807) is 26.0 Å². The minimum Gasteiger partial charge on any atom is -0.381 e. The van der Waals surface area contributed by atoms with Crippen LogP contribution in [0, 0.1) is 29.1 Å². The van der Waals surface area contributed by atoms with E-state index < -0.39 is 37.9 Å². The minimum atomic E-state index is -4.39. The van der Waals surface area contributed by atoms with Gasteiger partial charge in [0.1, 0.15) is 16.1 Å². The van der Waals surface area contributed by atoms with Crippen LogP contribution in [0.3, 0.4) is 0 Å². The van der Waals surface area contributed by atoms with Crippen LogP contribution in [0.5, 0.6) is 0 Å². The number of benzene rings is 1. The quantitative estimate of drug-likeness (QED) is 0.264. The summed E-state index contributed by atoms with van der Waals surface area (Å²) in [5.74, 6) is -2.60. The Bertz CT molecular complexity index is 1300. The number of carbonyl (C=O) groups is 2. The van der Waals surface area contributed by atoms with Crippen LogP contribution in [-0.2, 0) is 33.4 Å². The Balaban J connectivity index is 2.10. The first-order valence-corrected chi connectivity index (χ1v) is 14.5. The summed E-state index contributed by atoms with van der Waals surface area (Å²) in [6.45, 7) is 8.82. The lowest BCUT2D eigenvalue weighted by atomic mass is 9.40. The highest BCUT2D eigenvalue weighted by atomic mass is 35.5. The number of rotatable bonds is 7. The Labute approximate surface area is 221 Å². The molecule has 3 unspecified atom stereocenters. The van der Waals surface area contributed by atoms with Crippen molar-refractivity contribution in [1.29, 1.82) is 0 Å². The van der Waals surface area contributed by atoms with Crippen molar-refractivity contribution in [2.75, 3.05) is 20.0 Å². The van der Waals surface area contributed by atoms with Crippen LogP contribution in [0.2, 0.25) is 0 Å². The summed E-state index contributed by atoms with van der Waals surface area (Å²) >= 11 is 8.11. The van der Waals surface area contributed by atoms with Crippen molar-refractivity contribution in [2.45, 2.75) is 51.7 Å². The number of ketones is 1. The summed E-state index contributed by atoms with van der Waals surface area (Å²) in [6.07, 6.45) is 2.35. The van der Waals surface area contributed by atoms with Crippen LogP contribution in [-0.4, -0.2) is 45.1 Å². The average Bonchev–Trinajstić information content (AvgIpc) is 3.19. The monoisotopic (exact) mass is 554 g/mol. The van der Waals surface area contributed by atoms with Gasteiger partial charge >= 0.3 is 10.1 Å². The third kappa shape index (κ3) is 2.98. The molecule has 1 fully saturated rings. The molecule has 7 nitrogen and oxygen atoms in total. The molecule has 4 aliphatic rings. The lowest BCUT2D eigenvalue weighted by molar-refractivity contribution is -0.288.